The Morgan fingerprint density at radius 2 is 2.03 bits per heavy atom. The van der Waals surface area contributed by atoms with Gasteiger partial charge in [-0.1, -0.05) is 71.3 Å². The molecule has 1 aliphatic heterocycles. The molecule has 3 nitrogen and oxygen atoms in total. The maximum absolute atomic E-state index is 13.5. The first kappa shape index (κ1) is 24.9. The molecule has 1 fully saturated rings. The molecule has 0 radical (unpaired) electrons. The zero-order chi connectivity index (χ0) is 24.5. The van der Waals surface area contributed by atoms with Crippen molar-refractivity contribution in [2.45, 2.75) is 38.0 Å². The molecule has 2 atom stereocenters. The maximum Gasteiger partial charge on any atom is 0.255 e. The third-order valence-corrected chi connectivity index (χ3v) is 7.49. The third kappa shape index (κ3) is 5.54. The van der Waals surface area contributed by atoms with Gasteiger partial charge >= 0.3 is 0 Å². The number of nitrogens with two attached hydrogens (primary N) is 1. The number of carbonyl (C=O) groups excluding carboxylic acids is 1. The van der Waals surface area contributed by atoms with Crippen molar-refractivity contribution in [3.63, 3.8) is 0 Å². The molecule has 2 N–H and O–H groups in total. The van der Waals surface area contributed by atoms with Gasteiger partial charge in [-0.3, -0.25) is 4.79 Å². The van der Waals surface area contributed by atoms with Gasteiger partial charge in [0.15, 0.2) is 0 Å². The Kier molecular flexibility index (Phi) is 7.47. The summed E-state index contributed by atoms with van der Waals surface area (Å²) in [5, 5.41) is 1.22. The highest BCUT2D eigenvalue weighted by Crippen LogP contribution is 2.37. The molecule has 1 saturated heterocycles. The summed E-state index contributed by atoms with van der Waals surface area (Å²) in [5.41, 5.74) is 11.6. The lowest BCUT2D eigenvalue weighted by Gasteiger charge is -2.30. The van der Waals surface area contributed by atoms with Gasteiger partial charge in [0.05, 0.1) is 10.4 Å². The molecule has 1 heterocycles. The number of nitrogen functional groups attached to an aromatic ring is 1. The normalized spacial score (nSPS) is 24.1. The van der Waals surface area contributed by atoms with Crippen LogP contribution in [0.15, 0.2) is 65.8 Å². The lowest BCUT2D eigenvalue weighted by Crippen LogP contribution is -2.36. The second-order valence-electron chi connectivity index (χ2n) is 9.35. The van der Waals surface area contributed by atoms with Gasteiger partial charge in [0.1, 0.15) is 0 Å². The van der Waals surface area contributed by atoms with Gasteiger partial charge in [0.2, 0.25) is 0 Å². The fraction of sp³-hybridized carbons (Fsp3) is 0.321. The fourth-order valence-corrected chi connectivity index (χ4v) is 5.19. The number of hydrogen-bond donors (Lipinski definition) is 1. The summed E-state index contributed by atoms with van der Waals surface area (Å²) in [6, 6.07) is 11.2. The van der Waals surface area contributed by atoms with Crippen LogP contribution in [0.5, 0.6) is 0 Å². The number of benzene rings is 2. The summed E-state index contributed by atoms with van der Waals surface area (Å²) in [6.07, 6.45) is 11.0. The molecular weight excluding hydrogens is 487 g/mol. The van der Waals surface area contributed by atoms with Gasteiger partial charge in [-0.05, 0) is 68.0 Å². The van der Waals surface area contributed by atoms with Gasteiger partial charge in [0.25, 0.3) is 5.91 Å². The highest BCUT2D eigenvalue weighted by Gasteiger charge is 2.30. The van der Waals surface area contributed by atoms with E-state index in [1.807, 2.05) is 55.2 Å². The van der Waals surface area contributed by atoms with E-state index >= 15 is 0 Å². The number of anilines is 1. The van der Waals surface area contributed by atoms with Crippen LogP contribution in [0.1, 0.15) is 47.7 Å². The van der Waals surface area contributed by atoms with E-state index in [1.54, 1.807) is 6.07 Å². The molecule has 2 aliphatic rings. The SMILES string of the molecule is Cc1cccc(C(=O)N2CCC/C(=C/c3ccc(Cl)cc3Cl)C(C3=CCC(C)(Cl)C=C3)C2)c1N. The van der Waals surface area contributed by atoms with Crippen molar-refractivity contribution in [1.82, 2.24) is 4.90 Å². The summed E-state index contributed by atoms with van der Waals surface area (Å²) < 4.78 is 0. The molecule has 2 aromatic carbocycles. The molecule has 0 aromatic heterocycles. The second kappa shape index (κ2) is 10.2. The monoisotopic (exact) mass is 514 g/mol. The minimum atomic E-state index is -0.386. The zero-order valence-corrected chi connectivity index (χ0v) is 21.7. The number of allylic oxidation sites excluding steroid dienone is 3. The van der Waals surface area contributed by atoms with Crippen LogP contribution in [-0.2, 0) is 0 Å². The number of aryl methyl sites for hydroxylation is 1. The van der Waals surface area contributed by atoms with Crippen molar-refractivity contribution in [2.24, 2.45) is 5.92 Å². The Morgan fingerprint density at radius 3 is 2.74 bits per heavy atom. The van der Waals surface area contributed by atoms with Crippen LogP contribution in [0.2, 0.25) is 10.0 Å². The maximum atomic E-state index is 13.5. The number of hydrogen-bond acceptors (Lipinski definition) is 2. The van der Waals surface area contributed by atoms with Gasteiger partial charge in [-0.15, -0.1) is 11.6 Å². The number of likely N-dealkylation sites (tertiary alicyclic amines) is 1. The van der Waals surface area contributed by atoms with Crippen molar-refractivity contribution < 1.29 is 4.79 Å². The summed E-state index contributed by atoms with van der Waals surface area (Å²) in [5.74, 6) is 0.00721. The quantitative estimate of drug-likeness (QED) is 0.336. The number of alkyl halides is 1. The first-order valence-electron chi connectivity index (χ1n) is 11.5. The standard InChI is InChI=1S/C28H29Cl3N2O/c1-18-5-3-7-23(26(18)32)27(34)33-14-4-6-20(15-21-8-9-22(29)16-25(21)30)24(17-33)19-10-12-28(2,31)13-11-19/h3,5,7-12,15-16,24H,4,6,13-14,17,32H2,1-2H3/b20-15-. The van der Waals surface area contributed by atoms with E-state index in [0.29, 0.717) is 34.4 Å². The highest BCUT2D eigenvalue weighted by molar-refractivity contribution is 6.35. The fourth-order valence-electron chi connectivity index (χ4n) is 4.59. The molecule has 34 heavy (non-hydrogen) atoms. The molecular formula is C28H29Cl3N2O. The van der Waals surface area contributed by atoms with E-state index in [4.69, 9.17) is 40.5 Å². The van der Waals surface area contributed by atoms with E-state index in [9.17, 15) is 4.79 Å². The first-order valence-corrected chi connectivity index (χ1v) is 12.7. The lowest BCUT2D eigenvalue weighted by atomic mass is 9.83. The lowest BCUT2D eigenvalue weighted by molar-refractivity contribution is 0.0752. The summed E-state index contributed by atoms with van der Waals surface area (Å²) >= 11 is 19.2. The van der Waals surface area contributed by atoms with Crippen LogP contribution in [0, 0.1) is 12.8 Å². The van der Waals surface area contributed by atoms with Gasteiger partial charge in [-0.25, -0.2) is 0 Å². The summed E-state index contributed by atoms with van der Waals surface area (Å²) in [4.78, 5) is 15.1. The molecule has 4 rings (SSSR count). The van der Waals surface area contributed by atoms with Crippen LogP contribution in [0.4, 0.5) is 5.69 Å². The smallest absolute Gasteiger partial charge is 0.255 e. The van der Waals surface area contributed by atoms with Gasteiger partial charge < -0.3 is 10.6 Å². The molecule has 2 unspecified atom stereocenters. The molecule has 0 spiro atoms. The zero-order valence-electron chi connectivity index (χ0n) is 19.5. The number of nitrogens with zero attached hydrogens (tertiary/aromatic N) is 1. The van der Waals surface area contributed by atoms with E-state index < -0.39 is 0 Å². The third-order valence-electron chi connectivity index (χ3n) is 6.65. The van der Waals surface area contributed by atoms with E-state index in [1.165, 1.54) is 11.1 Å². The molecule has 1 amide bonds. The van der Waals surface area contributed by atoms with Crippen molar-refractivity contribution >= 4 is 52.5 Å². The topological polar surface area (TPSA) is 46.3 Å². The molecule has 0 saturated carbocycles. The van der Waals surface area contributed by atoms with Crippen molar-refractivity contribution in [3.8, 4) is 0 Å². The van der Waals surface area contributed by atoms with Crippen molar-refractivity contribution in [1.29, 1.82) is 0 Å². The van der Waals surface area contributed by atoms with Crippen LogP contribution >= 0.6 is 34.8 Å². The molecule has 178 valence electrons. The number of rotatable bonds is 3. The molecule has 0 bridgehead atoms. The molecule has 2 aromatic rings. The van der Waals surface area contributed by atoms with Crippen molar-refractivity contribution in [3.05, 3.63) is 92.5 Å². The minimum Gasteiger partial charge on any atom is -0.398 e. The molecule has 1 aliphatic carbocycles. The second-order valence-corrected chi connectivity index (χ2v) is 11.1. The number of para-hydroxylation sites is 1. The average molecular weight is 516 g/mol. The highest BCUT2D eigenvalue weighted by atomic mass is 35.5. The minimum absolute atomic E-state index is 0.0282. The summed E-state index contributed by atoms with van der Waals surface area (Å²) in [6.45, 7) is 5.16. The number of halogens is 3. The van der Waals surface area contributed by atoms with Crippen molar-refractivity contribution in [2.75, 3.05) is 18.8 Å². The van der Waals surface area contributed by atoms with Crippen LogP contribution in [0.3, 0.4) is 0 Å². The summed E-state index contributed by atoms with van der Waals surface area (Å²) in [7, 11) is 0. The van der Waals surface area contributed by atoms with E-state index in [2.05, 4.69) is 18.2 Å². The average Bonchev–Trinajstić information content (AvgIpc) is 3.00. The Balaban J connectivity index is 1.71. The molecule has 6 heteroatoms. The largest absolute Gasteiger partial charge is 0.398 e. The van der Waals surface area contributed by atoms with Crippen LogP contribution in [0.25, 0.3) is 6.08 Å². The Morgan fingerprint density at radius 1 is 1.24 bits per heavy atom. The number of carbonyl (C=O) groups is 1. The first-order chi connectivity index (χ1) is 16.1. The van der Waals surface area contributed by atoms with Crippen LogP contribution < -0.4 is 5.73 Å². The van der Waals surface area contributed by atoms with Gasteiger partial charge in [0, 0.05) is 34.7 Å². The number of amides is 1. The predicted octanol–water partition coefficient (Wildman–Crippen LogP) is 7.70. The van der Waals surface area contributed by atoms with Gasteiger partial charge in [-0.2, -0.15) is 0 Å². The Hall–Kier alpha value is -2.20. The van der Waals surface area contributed by atoms with E-state index in [0.717, 1.165) is 30.4 Å². The Labute approximate surface area is 216 Å². The van der Waals surface area contributed by atoms with E-state index in [-0.39, 0.29) is 16.7 Å². The predicted molar refractivity (Wildman–Crippen MR) is 145 cm³/mol. The van der Waals surface area contributed by atoms with Crippen LogP contribution in [-0.4, -0.2) is 28.8 Å². The Bertz CT molecular complexity index is 1200.